The van der Waals surface area contributed by atoms with Crippen LogP contribution in [0, 0.1) is 11.3 Å². The van der Waals surface area contributed by atoms with Gasteiger partial charge < -0.3 is 24.7 Å². The summed E-state index contributed by atoms with van der Waals surface area (Å²) < 4.78 is 10.8. The number of carbonyl (C=O) groups excluding carboxylic acids is 2. The zero-order chi connectivity index (χ0) is 22.8. The van der Waals surface area contributed by atoms with Crippen LogP contribution in [0.1, 0.15) is 35.4 Å². The summed E-state index contributed by atoms with van der Waals surface area (Å²) >= 11 is 0. The SMILES string of the molecule is COc1cccc(CNC(=O)N2CCC3(CC2)CC3CNC(=O)c2cc3ccncc3o2)c1. The van der Waals surface area contributed by atoms with E-state index in [1.807, 2.05) is 35.2 Å². The molecule has 5 rings (SSSR count). The van der Waals surface area contributed by atoms with Crippen molar-refractivity contribution < 1.29 is 18.7 Å². The lowest BCUT2D eigenvalue weighted by Crippen LogP contribution is -2.45. The van der Waals surface area contributed by atoms with Crippen LogP contribution >= 0.6 is 0 Å². The van der Waals surface area contributed by atoms with Crippen molar-refractivity contribution in [3.8, 4) is 5.75 Å². The Kier molecular flexibility index (Phi) is 5.66. The maximum absolute atomic E-state index is 12.6. The minimum absolute atomic E-state index is 0.0300. The highest BCUT2D eigenvalue weighted by molar-refractivity contribution is 5.95. The van der Waals surface area contributed by atoms with E-state index in [9.17, 15) is 9.59 Å². The molecule has 3 amide bonds. The van der Waals surface area contributed by atoms with Crippen LogP contribution in [-0.4, -0.2) is 48.6 Å². The second-order valence-electron chi connectivity index (χ2n) is 8.99. The van der Waals surface area contributed by atoms with Gasteiger partial charge in [0.2, 0.25) is 0 Å². The van der Waals surface area contributed by atoms with E-state index < -0.39 is 0 Å². The quantitative estimate of drug-likeness (QED) is 0.601. The standard InChI is InChI=1S/C25H28N4O4/c1-32-20-4-2-3-17(11-20)14-28-24(31)29-9-6-25(7-10-29)13-19(25)15-27-23(30)21-12-18-5-8-26-16-22(18)33-21/h2-5,8,11-12,16,19H,6-7,9-10,13-15H2,1H3,(H,27,30)(H,28,31). The molecule has 33 heavy (non-hydrogen) atoms. The van der Waals surface area contributed by atoms with E-state index in [0.29, 0.717) is 30.4 Å². The number of nitrogens with one attached hydrogen (secondary N) is 2. The van der Waals surface area contributed by atoms with Gasteiger partial charge in [0.1, 0.15) is 5.75 Å². The molecule has 2 N–H and O–H groups in total. The lowest BCUT2D eigenvalue weighted by atomic mass is 9.91. The van der Waals surface area contributed by atoms with Crippen LogP contribution in [0.5, 0.6) is 5.75 Å². The van der Waals surface area contributed by atoms with E-state index in [2.05, 4.69) is 15.6 Å². The summed E-state index contributed by atoms with van der Waals surface area (Å²) in [7, 11) is 1.63. The summed E-state index contributed by atoms with van der Waals surface area (Å²) in [6.07, 6.45) is 6.32. The molecule has 1 saturated carbocycles. The van der Waals surface area contributed by atoms with Gasteiger partial charge >= 0.3 is 6.03 Å². The van der Waals surface area contributed by atoms with Crippen molar-refractivity contribution in [1.29, 1.82) is 0 Å². The Balaban J connectivity index is 1.06. The van der Waals surface area contributed by atoms with E-state index in [-0.39, 0.29) is 17.4 Å². The number of hydrogen-bond acceptors (Lipinski definition) is 5. The number of furan rings is 1. The fourth-order valence-corrected chi connectivity index (χ4v) is 4.86. The number of hydrogen-bond donors (Lipinski definition) is 2. The monoisotopic (exact) mass is 448 g/mol. The minimum Gasteiger partial charge on any atom is -0.497 e. The number of nitrogens with zero attached hydrogens (tertiary/aromatic N) is 2. The topological polar surface area (TPSA) is 96.7 Å². The Hall–Kier alpha value is -3.55. The second-order valence-corrected chi connectivity index (χ2v) is 8.99. The summed E-state index contributed by atoms with van der Waals surface area (Å²) in [5.41, 5.74) is 1.87. The molecule has 0 radical (unpaired) electrons. The molecular formula is C25H28N4O4. The largest absolute Gasteiger partial charge is 0.497 e. The first-order valence-electron chi connectivity index (χ1n) is 11.3. The Labute approximate surface area is 192 Å². The van der Waals surface area contributed by atoms with Gasteiger partial charge in [-0.2, -0.15) is 0 Å². The number of carbonyl (C=O) groups is 2. The molecule has 1 aliphatic heterocycles. The zero-order valence-electron chi connectivity index (χ0n) is 18.7. The Bertz CT molecular complexity index is 1130. The highest BCUT2D eigenvalue weighted by atomic mass is 16.5. The minimum atomic E-state index is -0.192. The lowest BCUT2D eigenvalue weighted by Gasteiger charge is -2.33. The average molecular weight is 449 g/mol. The van der Waals surface area contributed by atoms with Crippen molar-refractivity contribution in [2.75, 3.05) is 26.7 Å². The number of rotatable bonds is 6. The Morgan fingerprint density at radius 1 is 1.21 bits per heavy atom. The first-order chi connectivity index (χ1) is 16.1. The number of aromatic nitrogens is 1. The molecule has 3 aromatic rings. The highest BCUT2D eigenvalue weighted by Crippen LogP contribution is 2.59. The Morgan fingerprint density at radius 2 is 2.06 bits per heavy atom. The van der Waals surface area contributed by atoms with Crippen molar-refractivity contribution >= 4 is 22.9 Å². The van der Waals surface area contributed by atoms with Gasteiger partial charge in [-0.25, -0.2) is 4.79 Å². The van der Waals surface area contributed by atoms with Crippen LogP contribution < -0.4 is 15.4 Å². The molecule has 1 atom stereocenters. The predicted molar refractivity (Wildman–Crippen MR) is 123 cm³/mol. The summed E-state index contributed by atoms with van der Waals surface area (Å²) in [5.74, 6) is 1.36. The van der Waals surface area contributed by atoms with Gasteiger partial charge in [0, 0.05) is 37.8 Å². The van der Waals surface area contributed by atoms with E-state index in [4.69, 9.17) is 9.15 Å². The van der Waals surface area contributed by atoms with Crippen LogP contribution in [0.3, 0.4) is 0 Å². The summed E-state index contributed by atoms with van der Waals surface area (Å²) in [6.45, 7) is 2.59. The third-order valence-electron chi connectivity index (χ3n) is 7.04. The van der Waals surface area contributed by atoms with E-state index in [1.54, 1.807) is 25.6 Å². The van der Waals surface area contributed by atoms with Gasteiger partial charge in [0.05, 0.1) is 13.3 Å². The molecule has 1 aromatic carbocycles. The molecule has 1 saturated heterocycles. The molecule has 2 aliphatic rings. The number of piperidine rings is 1. The van der Waals surface area contributed by atoms with E-state index in [1.165, 1.54) is 0 Å². The van der Waals surface area contributed by atoms with E-state index in [0.717, 1.165) is 49.1 Å². The molecule has 1 spiro atoms. The summed E-state index contributed by atoms with van der Waals surface area (Å²) in [4.78, 5) is 31.0. The normalized spacial score (nSPS) is 18.8. The molecule has 8 heteroatoms. The number of benzene rings is 1. The van der Waals surface area contributed by atoms with E-state index >= 15 is 0 Å². The molecule has 8 nitrogen and oxygen atoms in total. The molecule has 1 aliphatic carbocycles. The highest BCUT2D eigenvalue weighted by Gasteiger charge is 2.54. The molecule has 0 bridgehead atoms. The van der Waals surface area contributed by atoms with Crippen LogP contribution in [-0.2, 0) is 6.54 Å². The van der Waals surface area contributed by atoms with Crippen molar-refractivity contribution in [1.82, 2.24) is 20.5 Å². The van der Waals surface area contributed by atoms with Crippen LogP contribution in [0.4, 0.5) is 4.79 Å². The number of ether oxygens (including phenoxy) is 1. The maximum atomic E-state index is 12.6. The van der Waals surface area contributed by atoms with Crippen LogP contribution in [0.25, 0.3) is 11.0 Å². The second kappa shape index (κ2) is 8.77. The molecular weight excluding hydrogens is 420 g/mol. The third kappa shape index (κ3) is 4.51. The zero-order valence-corrected chi connectivity index (χ0v) is 18.7. The average Bonchev–Trinajstić information content (AvgIpc) is 3.32. The van der Waals surface area contributed by atoms with Crippen LogP contribution in [0.2, 0.25) is 0 Å². The van der Waals surface area contributed by atoms with Crippen molar-refractivity contribution in [3.05, 3.63) is 60.1 Å². The van der Waals surface area contributed by atoms with Gasteiger partial charge in [-0.3, -0.25) is 9.78 Å². The van der Waals surface area contributed by atoms with Gasteiger partial charge in [0.25, 0.3) is 5.91 Å². The fraction of sp³-hybridized carbons (Fsp3) is 0.400. The third-order valence-corrected chi connectivity index (χ3v) is 7.04. The summed E-state index contributed by atoms with van der Waals surface area (Å²) in [6, 6.07) is 11.2. The predicted octanol–water partition coefficient (Wildman–Crippen LogP) is 3.58. The number of pyridine rings is 1. The fourth-order valence-electron chi connectivity index (χ4n) is 4.86. The first kappa shape index (κ1) is 21.3. The first-order valence-corrected chi connectivity index (χ1v) is 11.3. The lowest BCUT2D eigenvalue weighted by molar-refractivity contribution is 0.0922. The smallest absolute Gasteiger partial charge is 0.317 e. The van der Waals surface area contributed by atoms with Gasteiger partial charge in [0.15, 0.2) is 11.3 Å². The molecule has 2 aromatic heterocycles. The van der Waals surface area contributed by atoms with Crippen molar-refractivity contribution in [3.63, 3.8) is 0 Å². The molecule has 172 valence electrons. The number of fused-ring (bicyclic) bond motifs is 1. The van der Waals surface area contributed by atoms with Gasteiger partial charge in [-0.15, -0.1) is 0 Å². The number of urea groups is 1. The number of amides is 3. The summed E-state index contributed by atoms with van der Waals surface area (Å²) in [5, 5.41) is 6.90. The Morgan fingerprint density at radius 3 is 2.85 bits per heavy atom. The van der Waals surface area contributed by atoms with Crippen molar-refractivity contribution in [2.24, 2.45) is 11.3 Å². The van der Waals surface area contributed by atoms with Gasteiger partial charge in [-0.05, 0) is 60.4 Å². The molecule has 1 unspecified atom stereocenters. The maximum Gasteiger partial charge on any atom is 0.317 e. The number of methoxy groups -OCH3 is 1. The molecule has 3 heterocycles. The van der Waals surface area contributed by atoms with Crippen LogP contribution in [0.15, 0.2) is 53.2 Å². The molecule has 2 fully saturated rings. The van der Waals surface area contributed by atoms with Gasteiger partial charge in [-0.1, -0.05) is 12.1 Å². The van der Waals surface area contributed by atoms with Crippen molar-refractivity contribution in [2.45, 2.75) is 25.8 Å². The number of likely N-dealkylation sites (tertiary alicyclic amines) is 1.